The number of rotatable bonds is 2. The molecule has 2 heterocycles. The topological polar surface area (TPSA) is 42.0 Å². The highest BCUT2D eigenvalue weighted by molar-refractivity contribution is 5.95. The standard InChI is InChI=1S/C19H20N2O3/c22-19(15-6-7-17-18(14-15)24-13-12-23-17)21-10-8-20(9-11-21)16-4-2-1-3-5-16/h1-7,14H,8-13H2. The van der Waals surface area contributed by atoms with E-state index in [1.54, 1.807) is 6.07 Å². The molecule has 2 aromatic carbocycles. The normalized spacial score (nSPS) is 16.8. The van der Waals surface area contributed by atoms with Gasteiger partial charge >= 0.3 is 0 Å². The molecule has 0 unspecified atom stereocenters. The summed E-state index contributed by atoms with van der Waals surface area (Å²) in [5, 5.41) is 0. The Kier molecular flexibility index (Phi) is 3.99. The van der Waals surface area contributed by atoms with Gasteiger partial charge in [-0.25, -0.2) is 0 Å². The lowest BCUT2D eigenvalue weighted by atomic mass is 10.1. The van der Waals surface area contributed by atoms with Crippen LogP contribution in [0.4, 0.5) is 5.69 Å². The maximum atomic E-state index is 12.7. The van der Waals surface area contributed by atoms with Crippen LogP contribution in [0.2, 0.25) is 0 Å². The minimum Gasteiger partial charge on any atom is -0.486 e. The average molecular weight is 324 g/mol. The zero-order chi connectivity index (χ0) is 16.4. The van der Waals surface area contributed by atoms with Crippen molar-refractivity contribution in [1.82, 2.24) is 4.90 Å². The summed E-state index contributed by atoms with van der Waals surface area (Å²) in [6.07, 6.45) is 0. The van der Waals surface area contributed by atoms with E-state index in [9.17, 15) is 4.79 Å². The van der Waals surface area contributed by atoms with Crippen LogP contribution in [-0.2, 0) is 0 Å². The fourth-order valence-corrected chi connectivity index (χ4v) is 3.17. The molecule has 0 saturated carbocycles. The molecule has 0 N–H and O–H groups in total. The quantitative estimate of drug-likeness (QED) is 0.851. The van der Waals surface area contributed by atoms with E-state index in [0.717, 1.165) is 26.2 Å². The number of fused-ring (bicyclic) bond motifs is 1. The monoisotopic (exact) mass is 324 g/mol. The van der Waals surface area contributed by atoms with Crippen LogP contribution in [0, 0.1) is 0 Å². The van der Waals surface area contributed by atoms with Crippen LogP contribution < -0.4 is 14.4 Å². The maximum absolute atomic E-state index is 12.7. The van der Waals surface area contributed by atoms with Crippen molar-refractivity contribution in [3.63, 3.8) is 0 Å². The Morgan fingerprint density at radius 3 is 2.29 bits per heavy atom. The van der Waals surface area contributed by atoms with Gasteiger partial charge in [0.2, 0.25) is 0 Å². The van der Waals surface area contributed by atoms with Gasteiger partial charge in [0, 0.05) is 37.4 Å². The predicted octanol–water partition coefficient (Wildman–Crippen LogP) is 2.42. The van der Waals surface area contributed by atoms with Crippen molar-refractivity contribution in [3.8, 4) is 11.5 Å². The number of nitrogens with zero attached hydrogens (tertiary/aromatic N) is 2. The summed E-state index contributed by atoms with van der Waals surface area (Å²) in [6.45, 7) is 4.23. The van der Waals surface area contributed by atoms with Gasteiger partial charge in [-0.2, -0.15) is 0 Å². The summed E-state index contributed by atoms with van der Waals surface area (Å²) in [5.41, 5.74) is 1.87. The molecule has 0 aromatic heterocycles. The first-order valence-corrected chi connectivity index (χ1v) is 8.30. The number of para-hydroxylation sites is 1. The lowest BCUT2D eigenvalue weighted by Gasteiger charge is -2.36. The number of anilines is 1. The molecule has 0 bridgehead atoms. The lowest BCUT2D eigenvalue weighted by Crippen LogP contribution is -2.48. The van der Waals surface area contributed by atoms with Crippen molar-refractivity contribution < 1.29 is 14.3 Å². The second-order valence-corrected chi connectivity index (χ2v) is 5.97. The number of hydrogen-bond donors (Lipinski definition) is 0. The molecule has 2 aromatic rings. The van der Waals surface area contributed by atoms with Gasteiger partial charge in [0.25, 0.3) is 5.91 Å². The minimum atomic E-state index is 0.0553. The first-order valence-electron chi connectivity index (χ1n) is 8.30. The number of amides is 1. The number of carbonyl (C=O) groups excluding carboxylic acids is 1. The molecular formula is C19H20N2O3. The van der Waals surface area contributed by atoms with Gasteiger partial charge in [0.1, 0.15) is 13.2 Å². The van der Waals surface area contributed by atoms with E-state index in [1.807, 2.05) is 35.2 Å². The van der Waals surface area contributed by atoms with Crippen molar-refractivity contribution in [2.45, 2.75) is 0 Å². The molecule has 1 saturated heterocycles. The molecule has 2 aliphatic heterocycles. The Balaban J connectivity index is 1.43. The summed E-state index contributed by atoms with van der Waals surface area (Å²) in [4.78, 5) is 17.0. The molecule has 1 fully saturated rings. The Bertz CT molecular complexity index is 725. The van der Waals surface area contributed by atoms with Crippen LogP contribution >= 0.6 is 0 Å². The molecule has 24 heavy (non-hydrogen) atoms. The number of hydrogen-bond acceptors (Lipinski definition) is 4. The summed E-state index contributed by atoms with van der Waals surface area (Å²) in [6, 6.07) is 15.8. The highest BCUT2D eigenvalue weighted by atomic mass is 16.6. The Morgan fingerprint density at radius 1 is 0.833 bits per heavy atom. The molecule has 0 atom stereocenters. The largest absolute Gasteiger partial charge is 0.486 e. The predicted molar refractivity (Wildman–Crippen MR) is 92.0 cm³/mol. The zero-order valence-corrected chi connectivity index (χ0v) is 13.5. The van der Waals surface area contributed by atoms with E-state index in [-0.39, 0.29) is 5.91 Å². The van der Waals surface area contributed by atoms with E-state index in [4.69, 9.17) is 9.47 Å². The molecule has 2 aliphatic rings. The fourth-order valence-electron chi connectivity index (χ4n) is 3.17. The van der Waals surface area contributed by atoms with Crippen LogP contribution in [-0.4, -0.2) is 50.2 Å². The van der Waals surface area contributed by atoms with Crippen LogP contribution in [0.1, 0.15) is 10.4 Å². The van der Waals surface area contributed by atoms with Gasteiger partial charge in [-0.3, -0.25) is 4.79 Å². The zero-order valence-electron chi connectivity index (χ0n) is 13.5. The van der Waals surface area contributed by atoms with E-state index < -0.39 is 0 Å². The smallest absolute Gasteiger partial charge is 0.254 e. The van der Waals surface area contributed by atoms with E-state index in [2.05, 4.69) is 17.0 Å². The number of carbonyl (C=O) groups is 1. The molecule has 124 valence electrons. The van der Waals surface area contributed by atoms with Gasteiger partial charge in [-0.05, 0) is 30.3 Å². The molecule has 5 heteroatoms. The van der Waals surface area contributed by atoms with Crippen LogP contribution in [0.25, 0.3) is 0 Å². The number of ether oxygens (including phenoxy) is 2. The first kappa shape index (κ1) is 14.9. The van der Waals surface area contributed by atoms with Gasteiger partial charge in [-0.1, -0.05) is 18.2 Å². The fraction of sp³-hybridized carbons (Fsp3) is 0.316. The van der Waals surface area contributed by atoms with Gasteiger partial charge in [0.15, 0.2) is 11.5 Å². The Labute approximate surface area is 141 Å². The molecule has 4 rings (SSSR count). The third kappa shape index (κ3) is 2.89. The second-order valence-electron chi connectivity index (χ2n) is 5.97. The highest BCUT2D eigenvalue weighted by Crippen LogP contribution is 2.31. The third-order valence-corrected chi connectivity index (χ3v) is 4.48. The van der Waals surface area contributed by atoms with E-state index >= 15 is 0 Å². The number of benzene rings is 2. The Hall–Kier alpha value is -2.69. The lowest BCUT2D eigenvalue weighted by molar-refractivity contribution is 0.0745. The van der Waals surface area contributed by atoms with Gasteiger partial charge in [-0.15, -0.1) is 0 Å². The van der Waals surface area contributed by atoms with E-state index in [1.165, 1.54) is 5.69 Å². The summed E-state index contributed by atoms with van der Waals surface area (Å²) >= 11 is 0. The SMILES string of the molecule is O=C(c1ccc2c(c1)OCCO2)N1CCN(c2ccccc2)CC1. The molecule has 0 spiro atoms. The highest BCUT2D eigenvalue weighted by Gasteiger charge is 2.23. The maximum Gasteiger partial charge on any atom is 0.254 e. The van der Waals surface area contributed by atoms with Gasteiger partial charge < -0.3 is 19.3 Å². The minimum absolute atomic E-state index is 0.0553. The van der Waals surface area contributed by atoms with Crippen molar-refractivity contribution in [2.75, 3.05) is 44.3 Å². The van der Waals surface area contributed by atoms with Crippen LogP contribution in [0.15, 0.2) is 48.5 Å². The molecule has 0 radical (unpaired) electrons. The number of piperazine rings is 1. The second kappa shape index (κ2) is 6.43. The van der Waals surface area contributed by atoms with Gasteiger partial charge in [0.05, 0.1) is 0 Å². The summed E-state index contributed by atoms with van der Waals surface area (Å²) in [5.74, 6) is 1.43. The molecule has 0 aliphatic carbocycles. The molecule has 5 nitrogen and oxygen atoms in total. The summed E-state index contributed by atoms with van der Waals surface area (Å²) in [7, 11) is 0. The van der Waals surface area contributed by atoms with Crippen molar-refractivity contribution in [1.29, 1.82) is 0 Å². The van der Waals surface area contributed by atoms with Crippen LogP contribution in [0.5, 0.6) is 11.5 Å². The van der Waals surface area contributed by atoms with Crippen molar-refractivity contribution >= 4 is 11.6 Å². The van der Waals surface area contributed by atoms with Crippen LogP contribution in [0.3, 0.4) is 0 Å². The molecular weight excluding hydrogens is 304 g/mol. The average Bonchev–Trinajstić information content (AvgIpc) is 2.68. The van der Waals surface area contributed by atoms with E-state index in [0.29, 0.717) is 30.3 Å². The first-order chi connectivity index (χ1) is 11.8. The Morgan fingerprint density at radius 2 is 1.54 bits per heavy atom. The molecule has 1 amide bonds. The van der Waals surface area contributed by atoms with Crippen molar-refractivity contribution in [2.24, 2.45) is 0 Å². The third-order valence-electron chi connectivity index (χ3n) is 4.48. The van der Waals surface area contributed by atoms with Crippen molar-refractivity contribution in [3.05, 3.63) is 54.1 Å². The summed E-state index contributed by atoms with van der Waals surface area (Å²) < 4.78 is 11.1.